The molecule has 0 aliphatic heterocycles. The lowest BCUT2D eigenvalue weighted by Crippen LogP contribution is -2.26. The van der Waals surface area contributed by atoms with Crippen LogP contribution >= 0.6 is 0 Å². The number of rotatable bonds is 8. The zero-order valence-corrected chi connectivity index (χ0v) is 16.0. The first-order chi connectivity index (χ1) is 12.5. The second kappa shape index (κ2) is 12.0. The first-order valence-corrected chi connectivity index (χ1v) is 8.82. The lowest BCUT2D eigenvalue weighted by molar-refractivity contribution is 0.211. The zero-order valence-electron chi connectivity index (χ0n) is 16.0. The van der Waals surface area contributed by atoms with E-state index < -0.39 is 0 Å². The van der Waals surface area contributed by atoms with Crippen LogP contribution in [0.1, 0.15) is 12.5 Å². The largest absolute Gasteiger partial charge is 0.399 e. The Morgan fingerprint density at radius 2 is 1.81 bits per heavy atom. The first kappa shape index (κ1) is 21.6. The molecule has 6 nitrogen and oxygen atoms in total. The maximum absolute atomic E-state index is 8.89. The number of aryl methyl sites for hydroxylation is 1. The van der Waals surface area contributed by atoms with Crippen molar-refractivity contribution in [3.63, 3.8) is 0 Å². The van der Waals surface area contributed by atoms with Crippen molar-refractivity contribution in [3.05, 3.63) is 48.0 Å². The third-order valence-corrected chi connectivity index (χ3v) is 3.92. The average molecular weight is 361 g/mol. The molecule has 2 rings (SSSR count). The molecule has 0 saturated carbocycles. The van der Waals surface area contributed by atoms with Gasteiger partial charge >= 0.3 is 0 Å². The lowest BCUT2D eigenvalue weighted by atomic mass is 10.1. The minimum absolute atomic E-state index is 0.178. The smallest absolute Gasteiger partial charge is 0.0635 e. The van der Waals surface area contributed by atoms with E-state index >= 15 is 0 Å². The van der Waals surface area contributed by atoms with Crippen molar-refractivity contribution in [2.45, 2.75) is 13.8 Å². The molecule has 144 valence electrons. The van der Waals surface area contributed by atoms with Crippen LogP contribution in [0.15, 0.2) is 42.5 Å². The molecule has 0 atom stereocenters. The fourth-order valence-electron chi connectivity index (χ4n) is 2.35. The molecule has 0 saturated heterocycles. The number of anilines is 4. The number of likely N-dealkylation sites (N-methyl/N-ethyl adjacent to an activating group) is 1. The van der Waals surface area contributed by atoms with Crippen molar-refractivity contribution in [2.24, 2.45) is 0 Å². The van der Waals surface area contributed by atoms with Crippen LogP contribution < -0.4 is 21.7 Å². The van der Waals surface area contributed by atoms with Crippen molar-refractivity contribution >= 4 is 22.7 Å². The van der Waals surface area contributed by atoms with Crippen LogP contribution in [0.5, 0.6) is 0 Å². The molecule has 2 aromatic rings. The van der Waals surface area contributed by atoms with Crippen LogP contribution in [0.25, 0.3) is 0 Å². The van der Waals surface area contributed by atoms with E-state index in [2.05, 4.69) is 23.2 Å². The van der Waals surface area contributed by atoms with E-state index in [1.165, 1.54) is 0 Å². The Balaban J connectivity index is 0.000000263. The highest BCUT2D eigenvalue weighted by Crippen LogP contribution is 2.20. The number of benzene rings is 2. The van der Waals surface area contributed by atoms with Crippen molar-refractivity contribution < 1.29 is 9.84 Å². The standard InChI is InChI=1S/C11H18N2O.C9H14N2O/c1-3-13(6-7-14)10-4-5-11(12)9(2)8-10;1-12-7-6-11-9-4-2-8(10)3-5-9/h4-5,8,14H,3,6-7,12H2,1-2H3;2-5,11H,6-7,10H2,1H3. The van der Waals surface area contributed by atoms with Gasteiger partial charge in [-0.2, -0.15) is 0 Å². The van der Waals surface area contributed by atoms with Crippen molar-refractivity contribution in [1.82, 2.24) is 0 Å². The van der Waals surface area contributed by atoms with Gasteiger partial charge in [0.2, 0.25) is 0 Å². The van der Waals surface area contributed by atoms with Gasteiger partial charge < -0.3 is 31.5 Å². The van der Waals surface area contributed by atoms with Crippen LogP contribution in [0.4, 0.5) is 22.7 Å². The molecule has 0 spiro atoms. The molecule has 2 aromatic carbocycles. The maximum atomic E-state index is 8.89. The number of aliphatic hydroxyl groups is 1. The normalized spacial score (nSPS) is 10.0. The molecule has 0 aromatic heterocycles. The number of aliphatic hydroxyl groups excluding tert-OH is 1. The number of ether oxygens (including phenoxy) is 1. The zero-order chi connectivity index (χ0) is 19.4. The van der Waals surface area contributed by atoms with Crippen LogP contribution in [0.3, 0.4) is 0 Å². The number of nitrogens with one attached hydrogen (secondary N) is 1. The van der Waals surface area contributed by atoms with Gasteiger partial charge in [0.1, 0.15) is 0 Å². The molecular formula is C20H32N4O2. The molecular weight excluding hydrogens is 328 g/mol. The van der Waals surface area contributed by atoms with Gasteiger partial charge in [-0.15, -0.1) is 0 Å². The van der Waals surface area contributed by atoms with E-state index in [9.17, 15) is 0 Å². The summed E-state index contributed by atoms with van der Waals surface area (Å²) >= 11 is 0. The summed E-state index contributed by atoms with van der Waals surface area (Å²) in [5.74, 6) is 0. The molecule has 0 fully saturated rings. The fraction of sp³-hybridized carbons (Fsp3) is 0.400. The van der Waals surface area contributed by atoms with E-state index in [0.29, 0.717) is 13.2 Å². The average Bonchev–Trinajstić information content (AvgIpc) is 2.64. The maximum Gasteiger partial charge on any atom is 0.0635 e. The van der Waals surface area contributed by atoms with Gasteiger partial charge in [-0.3, -0.25) is 0 Å². The Morgan fingerprint density at radius 3 is 2.35 bits per heavy atom. The summed E-state index contributed by atoms with van der Waals surface area (Å²) in [7, 11) is 1.69. The van der Waals surface area contributed by atoms with E-state index in [1.807, 2.05) is 43.3 Å². The van der Waals surface area contributed by atoms with E-state index in [-0.39, 0.29) is 6.61 Å². The van der Waals surface area contributed by atoms with Gasteiger partial charge in [0, 0.05) is 49.5 Å². The molecule has 0 amide bonds. The molecule has 0 bridgehead atoms. The molecule has 0 aliphatic rings. The second-order valence-corrected chi connectivity index (χ2v) is 5.89. The highest BCUT2D eigenvalue weighted by Gasteiger charge is 2.04. The summed E-state index contributed by atoms with van der Waals surface area (Å²) in [6, 6.07) is 13.6. The van der Waals surface area contributed by atoms with Crippen molar-refractivity contribution in [3.8, 4) is 0 Å². The molecule has 0 radical (unpaired) electrons. The minimum Gasteiger partial charge on any atom is -0.399 e. The highest BCUT2D eigenvalue weighted by molar-refractivity contribution is 5.58. The van der Waals surface area contributed by atoms with Crippen molar-refractivity contribution in [1.29, 1.82) is 0 Å². The number of nitrogens with zero attached hydrogens (tertiary/aromatic N) is 1. The monoisotopic (exact) mass is 360 g/mol. The van der Waals surface area contributed by atoms with Crippen LogP contribution in [0.2, 0.25) is 0 Å². The van der Waals surface area contributed by atoms with E-state index in [1.54, 1.807) is 7.11 Å². The summed E-state index contributed by atoms with van der Waals surface area (Å²) in [5, 5.41) is 12.1. The molecule has 6 heteroatoms. The Kier molecular flexibility index (Phi) is 9.97. The minimum atomic E-state index is 0.178. The first-order valence-electron chi connectivity index (χ1n) is 8.82. The van der Waals surface area contributed by atoms with E-state index in [0.717, 1.165) is 41.4 Å². The number of nitrogen functional groups attached to an aromatic ring is 2. The van der Waals surface area contributed by atoms with Gasteiger partial charge in [0.25, 0.3) is 0 Å². The van der Waals surface area contributed by atoms with Gasteiger partial charge in [-0.25, -0.2) is 0 Å². The summed E-state index contributed by atoms with van der Waals surface area (Å²) in [5.41, 5.74) is 16.1. The topological polar surface area (TPSA) is 96.8 Å². The number of hydrogen-bond donors (Lipinski definition) is 4. The highest BCUT2D eigenvalue weighted by atomic mass is 16.5. The summed E-state index contributed by atoms with van der Waals surface area (Å²) < 4.78 is 4.90. The van der Waals surface area contributed by atoms with Crippen LogP contribution in [0, 0.1) is 6.92 Å². The van der Waals surface area contributed by atoms with Gasteiger partial charge in [0.15, 0.2) is 0 Å². The Labute approximate surface area is 156 Å². The molecule has 0 unspecified atom stereocenters. The predicted octanol–water partition coefficient (Wildman–Crippen LogP) is 2.72. The van der Waals surface area contributed by atoms with Gasteiger partial charge in [-0.1, -0.05) is 0 Å². The molecule has 0 heterocycles. The van der Waals surface area contributed by atoms with E-state index in [4.69, 9.17) is 21.3 Å². The Hall–Kier alpha value is -2.44. The number of nitrogens with two attached hydrogens (primary N) is 2. The summed E-state index contributed by atoms with van der Waals surface area (Å²) in [6.45, 7) is 7.33. The quantitative estimate of drug-likeness (QED) is 0.427. The summed E-state index contributed by atoms with van der Waals surface area (Å²) in [4.78, 5) is 2.12. The van der Waals surface area contributed by atoms with Gasteiger partial charge in [0.05, 0.1) is 13.2 Å². The van der Waals surface area contributed by atoms with Gasteiger partial charge in [-0.05, 0) is 61.9 Å². The predicted molar refractivity (Wildman–Crippen MR) is 112 cm³/mol. The third-order valence-electron chi connectivity index (χ3n) is 3.92. The SMILES string of the molecule is CCN(CCO)c1ccc(N)c(C)c1.COCCNc1ccc(N)cc1. The lowest BCUT2D eigenvalue weighted by Gasteiger charge is -2.22. The second-order valence-electron chi connectivity index (χ2n) is 5.89. The molecule has 6 N–H and O–H groups in total. The Bertz CT molecular complexity index is 632. The fourth-order valence-corrected chi connectivity index (χ4v) is 2.35. The molecule has 0 aliphatic carbocycles. The third kappa shape index (κ3) is 7.63. The Morgan fingerprint density at radius 1 is 1.12 bits per heavy atom. The van der Waals surface area contributed by atoms with Crippen LogP contribution in [-0.4, -0.2) is 45.1 Å². The van der Waals surface area contributed by atoms with Crippen LogP contribution in [-0.2, 0) is 4.74 Å². The summed E-state index contributed by atoms with van der Waals surface area (Å²) in [6.07, 6.45) is 0. The molecule has 26 heavy (non-hydrogen) atoms. The number of hydrogen-bond acceptors (Lipinski definition) is 6. The number of methoxy groups -OCH3 is 1. The van der Waals surface area contributed by atoms with Crippen molar-refractivity contribution in [2.75, 3.05) is 61.6 Å².